The molecule has 0 aliphatic carbocycles. The number of hydrogen-bond donors (Lipinski definition) is 1. The largest absolute Gasteiger partial charge is 0.497 e. The van der Waals surface area contributed by atoms with E-state index in [-0.39, 0.29) is 45.5 Å². The van der Waals surface area contributed by atoms with Gasteiger partial charge in [-0.1, -0.05) is 164 Å². The molecule has 1 N–H and O–H groups in total. The van der Waals surface area contributed by atoms with Gasteiger partial charge in [-0.15, -0.1) is 0 Å². The number of benzene rings is 6. The lowest BCUT2D eigenvalue weighted by Gasteiger charge is -2.51. The third-order valence-electron chi connectivity index (χ3n) is 12.5. The van der Waals surface area contributed by atoms with Gasteiger partial charge in [0.05, 0.1) is 53.4 Å². The molecule has 3 aliphatic heterocycles. The van der Waals surface area contributed by atoms with E-state index in [2.05, 4.69) is 5.32 Å². The van der Waals surface area contributed by atoms with E-state index in [9.17, 15) is 4.79 Å². The molecular weight excluding hydrogens is 891 g/mol. The molecule has 3 fully saturated rings. The van der Waals surface area contributed by atoms with Crippen LogP contribution in [-0.4, -0.2) is 87.6 Å². The van der Waals surface area contributed by atoms with Gasteiger partial charge in [0.2, 0.25) is 5.91 Å². The van der Waals surface area contributed by atoms with Crippen LogP contribution >= 0.6 is 0 Å². The monoisotopic (exact) mass is 951 g/mol. The molecule has 3 heterocycles. The first-order valence-corrected chi connectivity index (χ1v) is 23.9. The Kier molecular flexibility index (Phi) is 17.5. The molecule has 11 atom stereocenters. The summed E-state index contributed by atoms with van der Waals surface area (Å²) in [6, 6.07) is 56.1. The number of carbonyl (C=O) groups is 1. The molecule has 6 aromatic rings. The van der Waals surface area contributed by atoms with Crippen LogP contribution in [0, 0.1) is 0 Å². The molecule has 0 bridgehead atoms. The summed E-state index contributed by atoms with van der Waals surface area (Å²) < 4.78 is 73.9. The predicted molar refractivity (Wildman–Crippen MR) is 259 cm³/mol. The molecule has 0 spiro atoms. The Bertz CT molecular complexity index is 2450. The summed E-state index contributed by atoms with van der Waals surface area (Å²) in [6.45, 7) is 2.81. The summed E-state index contributed by atoms with van der Waals surface area (Å²) in [4.78, 5) is 13.2. The maximum atomic E-state index is 13.2. The van der Waals surface area contributed by atoms with Crippen molar-refractivity contribution in [2.45, 2.75) is 108 Å². The summed E-state index contributed by atoms with van der Waals surface area (Å²) in [7, 11) is 1.64. The van der Waals surface area contributed by atoms with Gasteiger partial charge < -0.3 is 57.4 Å². The van der Waals surface area contributed by atoms with E-state index in [0.29, 0.717) is 6.61 Å². The van der Waals surface area contributed by atoms with E-state index in [1.54, 1.807) is 7.11 Å². The van der Waals surface area contributed by atoms with Crippen molar-refractivity contribution in [1.82, 2.24) is 5.32 Å². The van der Waals surface area contributed by atoms with Crippen molar-refractivity contribution in [1.29, 1.82) is 0 Å². The fourth-order valence-electron chi connectivity index (χ4n) is 8.95. The Hall–Kier alpha value is -5.81. The zero-order valence-electron chi connectivity index (χ0n) is 39.4. The van der Waals surface area contributed by atoms with Crippen molar-refractivity contribution < 1.29 is 56.9 Å². The predicted octanol–water partition coefficient (Wildman–Crippen LogP) is 8.64. The van der Waals surface area contributed by atoms with E-state index in [1.807, 2.05) is 176 Å². The molecule has 0 radical (unpaired) electrons. The standard InChI is InChI=1S/C57H61NO12/c1-39(59)58-49-52(62-33-41-20-10-4-11-21-41)50(47(37-61-32-40-18-8-3-9-19-40)67-56(49)65-36-43-24-14-6-15-25-43)70-57-54(64-34-42-22-12-5-13-23-42)53(63-35-44-28-30-46(60-2)31-29-44)51-48(68-57)38-66-55(69-51)45-26-16-7-17-27-45/h3-31,47-57H,32-38H2,1-2H3,(H,58,59)/t47-,48-,49-,50-,51-,52-,53+,54+,55-,56-,57+/m1/s1. The lowest BCUT2D eigenvalue weighted by molar-refractivity contribution is -0.392. The Morgan fingerprint density at radius 3 is 1.59 bits per heavy atom. The van der Waals surface area contributed by atoms with Gasteiger partial charge in [-0.25, -0.2) is 0 Å². The van der Waals surface area contributed by atoms with Crippen LogP contribution in [0.1, 0.15) is 46.6 Å². The van der Waals surface area contributed by atoms with Gasteiger partial charge in [0.15, 0.2) is 18.9 Å². The number of fused-ring (bicyclic) bond motifs is 1. The molecule has 1 amide bonds. The fraction of sp³-hybridized carbons (Fsp3) is 0.351. The number of hydrogen-bond acceptors (Lipinski definition) is 12. The molecule has 3 saturated heterocycles. The van der Waals surface area contributed by atoms with Gasteiger partial charge in [0, 0.05) is 12.5 Å². The third kappa shape index (κ3) is 13.1. The van der Waals surface area contributed by atoms with Gasteiger partial charge in [0.25, 0.3) is 0 Å². The lowest BCUT2D eigenvalue weighted by Crippen LogP contribution is -2.69. The number of methoxy groups -OCH3 is 1. The van der Waals surface area contributed by atoms with Crippen molar-refractivity contribution >= 4 is 5.91 Å². The second-order valence-corrected chi connectivity index (χ2v) is 17.5. The maximum absolute atomic E-state index is 13.2. The van der Waals surface area contributed by atoms with Crippen LogP contribution in [-0.2, 0) is 85.2 Å². The highest BCUT2D eigenvalue weighted by Crippen LogP contribution is 2.40. The SMILES string of the molecule is COc1ccc(CO[C@@H]2[C@H](OCc3ccccc3)[C@H](O[C@H]3[C@H](OCc4ccccc4)[C@@H](NC(C)=O)[C@H](OCc4ccccc4)O[C@@H]3COCc3ccccc3)O[C@@H]3CO[C@@H](c4ccccc4)O[C@@H]23)cc1. The van der Waals surface area contributed by atoms with Crippen LogP contribution in [0.3, 0.4) is 0 Å². The van der Waals surface area contributed by atoms with Gasteiger partial charge in [0.1, 0.15) is 54.5 Å². The Morgan fingerprint density at radius 1 is 0.529 bits per heavy atom. The number of amides is 1. The summed E-state index contributed by atoms with van der Waals surface area (Å²) in [5.41, 5.74) is 5.55. The van der Waals surface area contributed by atoms with Gasteiger partial charge in [-0.2, -0.15) is 0 Å². The second kappa shape index (κ2) is 24.8. The first kappa shape index (κ1) is 49.2. The van der Waals surface area contributed by atoms with Crippen molar-refractivity contribution in [2.24, 2.45) is 0 Å². The molecule has 70 heavy (non-hydrogen) atoms. The van der Waals surface area contributed by atoms with Crippen molar-refractivity contribution in [3.05, 3.63) is 209 Å². The van der Waals surface area contributed by atoms with E-state index in [1.165, 1.54) is 6.92 Å². The van der Waals surface area contributed by atoms with Gasteiger partial charge >= 0.3 is 0 Å². The Labute approximate surface area is 409 Å². The normalized spacial score (nSPS) is 26.5. The number of nitrogens with one attached hydrogen (secondary N) is 1. The smallest absolute Gasteiger partial charge is 0.217 e. The van der Waals surface area contributed by atoms with E-state index in [0.717, 1.165) is 39.1 Å². The molecule has 13 heteroatoms. The zero-order valence-corrected chi connectivity index (χ0v) is 39.4. The highest BCUT2D eigenvalue weighted by Gasteiger charge is 2.56. The average molecular weight is 952 g/mol. The first-order valence-electron chi connectivity index (χ1n) is 23.9. The van der Waals surface area contributed by atoms with Gasteiger partial charge in [-0.05, 0) is 39.9 Å². The van der Waals surface area contributed by atoms with Crippen LogP contribution in [0.25, 0.3) is 0 Å². The van der Waals surface area contributed by atoms with Crippen LogP contribution in [0.2, 0.25) is 0 Å². The first-order chi connectivity index (χ1) is 34.5. The van der Waals surface area contributed by atoms with Crippen molar-refractivity contribution in [2.75, 3.05) is 20.3 Å². The van der Waals surface area contributed by atoms with E-state index >= 15 is 0 Å². The van der Waals surface area contributed by atoms with Crippen molar-refractivity contribution in [3.8, 4) is 5.75 Å². The Morgan fingerprint density at radius 2 is 1.03 bits per heavy atom. The van der Waals surface area contributed by atoms with Crippen molar-refractivity contribution in [3.63, 3.8) is 0 Å². The highest BCUT2D eigenvalue weighted by molar-refractivity contribution is 5.73. The van der Waals surface area contributed by atoms with Gasteiger partial charge in [-0.3, -0.25) is 4.79 Å². The zero-order chi connectivity index (χ0) is 47.9. The number of carbonyl (C=O) groups excluding carboxylic acids is 1. The summed E-state index contributed by atoms with van der Waals surface area (Å²) >= 11 is 0. The number of ether oxygens (including phenoxy) is 11. The second-order valence-electron chi connectivity index (χ2n) is 17.5. The molecule has 0 saturated carbocycles. The van der Waals surface area contributed by atoms with Crippen LogP contribution < -0.4 is 10.1 Å². The topological polar surface area (TPSA) is 131 Å². The van der Waals surface area contributed by atoms with Crippen LogP contribution in [0.15, 0.2) is 176 Å². The summed E-state index contributed by atoms with van der Waals surface area (Å²) in [5, 5.41) is 3.12. The van der Waals surface area contributed by atoms with Crippen LogP contribution in [0.4, 0.5) is 0 Å². The summed E-state index contributed by atoms with van der Waals surface area (Å²) in [6.07, 6.45) is -8.36. The molecule has 0 aromatic heterocycles. The molecule has 366 valence electrons. The van der Waals surface area contributed by atoms with E-state index < -0.39 is 67.6 Å². The minimum atomic E-state index is -1.11. The molecule has 0 unspecified atom stereocenters. The minimum absolute atomic E-state index is 0.0689. The Balaban J connectivity index is 1.09. The molecule has 9 rings (SSSR count). The maximum Gasteiger partial charge on any atom is 0.217 e. The lowest BCUT2D eigenvalue weighted by atomic mass is 9.94. The average Bonchev–Trinajstić information content (AvgIpc) is 3.41. The molecule has 3 aliphatic rings. The molecular formula is C57H61NO12. The fourth-order valence-corrected chi connectivity index (χ4v) is 8.95. The van der Waals surface area contributed by atoms with Crippen LogP contribution in [0.5, 0.6) is 5.75 Å². The quantitative estimate of drug-likeness (QED) is 0.0742. The minimum Gasteiger partial charge on any atom is -0.497 e. The molecule has 13 nitrogen and oxygen atoms in total. The van der Waals surface area contributed by atoms with E-state index in [4.69, 9.17) is 52.1 Å². The third-order valence-corrected chi connectivity index (χ3v) is 12.5. The number of rotatable bonds is 21. The highest BCUT2D eigenvalue weighted by atomic mass is 16.8. The molecule has 6 aromatic carbocycles. The summed E-state index contributed by atoms with van der Waals surface area (Å²) in [5.74, 6) is 0.433.